The fourth-order valence-corrected chi connectivity index (χ4v) is 14.4. The van der Waals surface area contributed by atoms with Gasteiger partial charge in [-0.05, 0) is 258 Å². The number of phenolic OH excluding ortho intramolecular Hbond substituents is 1. The standard InChI is InChI=1S/2C15H22O.C14H18F2O2.2C14H20O.C14H20.C11H12F2O2/c2*1-14(2,3)11-6-7-12-13(10-11)16-9-8-15(12,4)5;1-12(2,3)9-6-7-10-11(8-9)18-14(5,16)13(4,15)17-10;1-14(2,3)11-8-7-10-5-4-6-13(15)12(10)9-11;1-14(2,3)12-8-10-6-4-5-7-11(10)9-13(12)15;1-14(2,3)13-9-8-11-6-4-5-7-12(11)10-13;1-10(2,3)7-4-5-8-9(6-7)15-11(12,13)14-8/h2*6-7,10H,8-9H2,1-5H3;6-8H,1-5H3;7-9,13,15H,4-6H2,1-3H3;8-9,15H,4-7H2,1-3H3;8-10H,4-7H2,1-3H3;4-6H,1-3H3. The highest BCUT2D eigenvalue weighted by molar-refractivity contribution is 5.51. The Balaban J connectivity index is 0.000000160. The van der Waals surface area contributed by atoms with E-state index in [-0.39, 0.29) is 72.4 Å². The van der Waals surface area contributed by atoms with Crippen molar-refractivity contribution in [3.63, 3.8) is 0 Å². The molecule has 598 valence electrons. The quantitative estimate of drug-likeness (QED) is 0.145. The SMILES string of the molecule is CC(C)(C)c1cc2c(cc1O)CCCC2.CC(C)(C)c1ccc2c(c1)C(O)CCC2.CC(C)(C)c1ccc2c(c1)CCCC2.CC(C)(C)c1ccc2c(c1)OC(C)(F)C(C)(F)O2.CC(C)(C)c1ccc2c(c1)OC(F)(F)O2.CC(C)(C)c1ccc2c(c1)OCCC2(C)C.CC(C)(C)c1ccc2c(c1)OCCC2(C)C. The molecule has 8 nitrogen and oxygen atoms in total. The van der Waals surface area contributed by atoms with Gasteiger partial charge in [-0.15, -0.1) is 8.78 Å². The number of aliphatic hydroxyl groups is 1. The first-order valence-corrected chi connectivity index (χ1v) is 40.1. The van der Waals surface area contributed by atoms with E-state index in [1.807, 2.05) is 53.7 Å². The van der Waals surface area contributed by atoms with Gasteiger partial charge in [0.25, 0.3) is 0 Å². The predicted octanol–water partition coefficient (Wildman–Crippen LogP) is 26.3. The van der Waals surface area contributed by atoms with Gasteiger partial charge in [0.15, 0.2) is 23.0 Å². The van der Waals surface area contributed by atoms with Gasteiger partial charge in [0.2, 0.25) is 0 Å². The average Bonchev–Trinajstić information content (AvgIpc) is 1.57. The van der Waals surface area contributed by atoms with Crippen LogP contribution in [0.5, 0.6) is 40.2 Å². The molecule has 0 aromatic heterocycles. The van der Waals surface area contributed by atoms with Crippen molar-refractivity contribution < 1.29 is 56.2 Å². The molecule has 7 aromatic rings. The van der Waals surface area contributed by atoms with E-state index in [0.29, 0.717) is 11.2 Å². The van der Waals surface area contributed by atoms with E-state index in [0.717, 1.165) is 99.3 Å². The minimum atomic E-state index is -3.53. The van der Waals surface area contributed by atoms with Crippen LogP contribution >= 0.6 is 0 Å². The van der Waals surface area contributed by atoms with Gasteiger partial charge in [0.1, 0.15) is 17.2 Å². The third kappa shape index (κ3) is 22.8. The second-order valence-corrected chi connectivity index (χ2v) is 40.0. The van der Waals surface area contributed by atoms with E-state index in [1.165, 1.54) is 101 Å². The summed E-state index contributed by atoms with van der Waals surface area (Å²) < 4.78 is 83.8. The number of alkyl halides is 4. The van der Waals surface area contributed by atoms with Crippen molar-refractivity contribution in [2.24, 2.45) is 0 Å². The van der Waals surface area contributed by atoms with Gasteiger partial charge in [-0.1, -0.05) is 252 Å². The molecule has 0 saturated carbocycles. The first-order valence-electron chi connectivity index (χ1n) is 40.1. The van der Waals surface area contributed by atoms with Crippen LogP contribution < -0.4 is 28.4 Å². The van der Waals surface area contributed by atoms with Crippen LogP contribution in [0.3, 0.4) is 0 Å². The molecule has 12 heteroatoms. The lowest BCUT2D eigenvalue weighted by molar-refractivity contribution is -0.286. The van der Waals surface area contributed by atoms with E-state index in [9.17, 15) is 27.8 Å². The lowest BCUT2D eigenvalue weighted by atomic mass is 9.77. The molecule has 3 unspecified atom stereocenters. The van der Waals surface area contributed by atoms with Gasteiger partial charge in [-0.2, -0.15) is 8.78 Å². The number of benzene rings is 7. The fraction of sp³-hybridized carbons (Fsp3) is 0.567. The van der Waals surface area contributed by atoms with E-state index in [1.54, 1.807) is 35.4 Å². The van der Waals surface area contributed by atoms with E-state index >= 15 is 0 Å². The lowest BCUT2D eigenvalue weighted by Gasteiger charge is -2.39. The Bertz CT molecular complexity index is 4180. The van der Waals surface area contributed by atoms with Crippen LogP contribution in [-0.4, -0.2) is 41.4 Å². The molecule has 0 saturated heterocycles. The van der Waals surface area contributed by atoms with Crippen LogP contribution in [-0.2, 0) is 80.8 Å². The normalized spacial score (nSPS) is 20.4. The van der Waals surface area contributed by atoms with Gasteiger partial charge >= 0.3 is 18.0 Å². The summed E-state index contributed by atoms with van der Waals surface area (Å²) >= 11 is 0. The van der Waals surface area contributed by atoms with Crippen LogP contribution in [0.25, 0.3) is 0 Å². The molecule has 4 aliphatic heterocycles. The molecular weight excluding hydrogens is 1370 g/mol. The molecule has 109 heavy (non-hydrogen) atoms. The maximum absolute atomic E-state index is 14.0. The van der Waals surface area contributed by atoms with Gasteiger partial charge in [-0.25, -0.2) is 0 Å². The maximum Gasteiger partial charge on any atom is 0.586 e. The predicted molar refractivity (Wildman–Crippen MR) is 442 cm³/mol. The zero-order valence-electron chi connectivity index (χ0n) is 71.6. The smallest absolute Gasteiger partial charge is 0.508 e. The summed E-state index contributed by atoms with van der Waals surface area (Å²) in [6.07, 6.45) is 11.8. The highest BCUT2D eigenvalue weighted by atomic mass is 19.3. The number of hydrogen-bond acceptors (Lipinski definition) is 8. The number of aromatic hydroxyl groups is 1. The van der Waals surface area contributed by atoms with Crippen LogP contribution in [0.4, 0.5) is 17.6 Å². The number of ether oxygens (including phenoxy) is 6. The lowest BCUT2D eigenvalue weighted by Crippen LogP contribution is -2.54. The fourth-order valence-electron chi connectivity index (χ4n) is 14.4. The largest absolute Gasteiger partial charge is 0.586 e. The molecule has 0 spiro atoms. The molecule has 7 aromatic carbocycles. The topological polar surface area (TPSA) is 95.8 Å². The van der Waals surface area contributed by atoms with Crippen molar-refractivity contribution in [2.45, 2.75) is 343 Å². The van der Waals surface area contributed by atoms with E-state index < -0.39 is 18.0 Å². The summed E-state index contributed by atoms with van der Waals surface area (Å²) in [6.45, 7) is 58.4. The molecular formula is C97H134F4O8. The Labute approximate surface area is 654 Å². The maximum atomic E-state index is 14.0. The first kappa shape index (κ1) is 87.4. The van der Waals surface area contributed by atoms with Crippen LogP contribution in [0.15, 0.2) is 121 Å². The summed E-state index contributed by atoms with van der Waals surface area (Å²) in [5.74, 6) is -1.69. The third-order valence-corrected chi connectivity index (χ3v) is 22.4. The van der Waals surface area contributed by atoms with Crippen LogP contribution in [0.1, 0.15) is 328 Å². The molecule has 14 rings (SSSR count). The number of aliphatic hydroxyl groups excluding tert-OH is 1. The second kappa shape index (κ2) is 32.9. The number of halogens is 4. The van der Waals surface area contributed by atoms with E-state index in [2.05, 4.69) is 220 Å². The first-order chi connectivity index (χ1) is 50.0. The molecule has 0 bridgehead atoms. The molecule has 3 aliphatic carbocycles. The molecule has 4 heterocycles. The van der Waals surface area contributed by atoms with Crippen molar-refractivity contribution >= 4 is 0 Å². The van der Waals surface area contributed by atoms with Gasteiger partial charge in [0, 0.05) is 13.8 Å². The number of hydrogen-bond donors (Lipinski definition) is 2. The Morgan fingerprint density at radius 2 is 0.651 bits per heavy atom. The summed E-state index contributed by atoms with van der Waals surface area (Å²) in [4.78, 5) is 0. The highest BCUT2D eigenvalue weighted by Gasteiger charge is 2.55. The Kier molecular flexibility index (Phi) is 26.4. The Hall–Kier alpha value is -7.18. The molecule has 2 N–H and O–H groups in total. The molecule has 0 fully saturated rings. The number of fused-ring (bicyclic) bond motifs is 7. The monoisotopic (exact) mass is 1500 g/mol. The van der Waals surface area contributed by atoms with Gasteiger partial charge in [0.05, 0.1) is 19.3 Å². The van der Waals surface area contributed by atoms with Crippen molar-refractivity contribution in [3.05, 3.63) is 205 Å². The summed E-state index contributed by atoms with van der Waals surface area (Å²) in [5, 5.41) is 20.0. The van der Waals surface area contributed by atoms with Gasteiger partial charge in [-0.3, -0.25) is 0 Å². The second-order valence-electron chi connectivity index (χ2n) is 40.0. The van der Waals surface area contributed by atoms with Crippen LogP contribution in [0, 0.1) is 0 Å². The summed E-state index contributed by atoms with van der Waals surface area (Å²) in [5.41, 5.74) is 20.9. The third-order valence-electron chi connectivity index (χ3n) is 22.4. The number of aryl methyl sites for hydroxylation is 5. The molecule has 0 amide bonds. The summed E-state index contributed by atoms with van der Waals surface area (Å²) in [7, 11) is 0. The molecule has 3 atom stereocenters. The summed E-state index contributed by atoms with van der Waals surface area (Å²) in [6, 6.07) is 41.3. The average molecular weight is 1500 g/mol. The van der Waals surface area contributed by atoms with Crippen molar-refractivity contribution in [1.82, 2.24) is 0 Å². The van der Waals surface area contributed by atoms with Crippen LogP contribution in [0.2, 0.25) is 0 Å². The Morgan fingerprint density at radius 3 is 1.08 bits per heavy atom. The number of phenols is 1. The van der Waals surface area contributed by atoms with Crippen molar-refractivity contribution in [3.8, 4) is 40.2 Å². The minimum Gasteiger partial charge on any atom is -0.508 e. The zero-order chi connectivity index (χ0) is 81.3. The van der Waals surface area contributed by atoms with Gasteiger partial charge < -0.3 is 38.6 Å². The molecule has 0 radical (unpaired) electrons. The molecule has 7 aliphatic rings. The zero-order valence-corrected chi connectivity index (χ0v) is 71.6. The number of rotatable bonds is 0. The highest BCUT2D eigenvalue weighted by Crippen LogP contribution is 2.49. The Morgan fingerprint density at radius 1 is 0.330 bits per heavy atom. The minimum absolute atomic E-state index is 0.0383. The van der Waals surface area contributed by atoms with Crippen molar-refractivity contribution in [2.75, 3.05) is 13.2 Å². The van der Waals surface area contributed by atoms with Crippen molar-refractivity contribution in [1.29, 1.82) is 0 Å². The van der Waals surface area contributed by atoms with E-state index in [4.69, 9.17) is 18.9 Å².